The van der Waals surface area contributed by atoms with E-state index in [-0.39, 0.29) is 5.75 Å². The van der Waals surface area contributed by atoms with Crippen molar-refractivity contribution in [2.45, 2.75) is 19.8 Å². The van der Waals surface area contributed by atoms with Crippen LogP contribution in [0.15, 0.2) is 91.0 Å². The summed E-state index contributed by atoms with van der Waals surface area (Å²) in [6.45, 7) is 2.15. The number of aliphatic carboxylic acids is 1. The highest BCUT2D eigenvalue weighted by atomic mass is 16.4. The Kier molecular flexibility index (Phi) is 6.64. The smallest absolute Gasteiger partial charge is 0.327 e. The molecule has 3 rings (SSSR count). The van der Waals surface area contributed by atoms with Crippen LogP contribution in [0.2, 0.25) is 0 Å². The molecule has 0 saturated heterocycles. The molecule has 29 heavy (non-hydrogen) atoms. The Hall–Kier alpha value is -3.59. The summed E-state index contributed by atoms with van der Waals surface area (Å²) in [6, 6.07) is 25.8. The second-order valence-electron chi connectivity index (χ2n) is 6.76. The molecule has 0 unspecified atom stereocenters. The molecule has 0 heterocycles. The molecular weight excluding hydrogens is 360 g/mol. The Morgan fingerprint density at radius 1 is 0.828 bits per heavy atom. The standard InChI is InChI=1S/C26H24O3/c1-2-24(20-8-4-3-5-9-20)26(22-15-17-23(27)18-16-22)21-13-11-19(12-14-21)7-6-10-25(28)29/h3-6,8-18,27H,2,7H2,1H3,(H,28,29). The lowest BCUT2D eigenvalue weighted by molar-refractivity contribution is -0.131. The average molecular weight is 384 g/mol. The molecule has 3 heteroatoms. The molecule has 0 aliphatic heterocycles. The zero-order chi connectivity index (χ0) is 20.6. The Labute approximate surface area is 171 Å². The minimum atomic E-state index is -0.936. The first-order valence-corrected chi connectivity index (χ1v) is 9.65. The van der Waals surface area contributed by atoms with Crippen LogP contribution in [-0.2, 0) is 11.2 Å². The molecule has 0 fully saturated rings. The highest BCUT2D eigenvalue weighted by molar-refractivity contribution is 5.98. The third kappa shape index (κ3) is 5.23. The number of benzene rings is 3. The highest BCUT2D eigenvalue weighted by Gasteiger charge is 2.13. The van der Waals surface area contributed by atoms with Gasteiger partial charge in [0.2, 0.25) is 0 Å². The molecule has 0 aliphatic carbocycles. The quantitative estimate of drug-likeness (QED) is 0.391. The van der Waals surface area contributed by atoms with Gasteiger partial charge in [-0.05, 0) is 58.4 Å². The molecule has 0 atom stereocenters. The molecule has 0 radical (unpaired) electrons. The van der Waals surface area contributed by atoms with Crippen molar-refractivity contribution < 1.29 is 15.0 Å². The molecule has 0 aliphatic rings. The first-order valence-electron chi connectivity index (χ1n) is 9.65. The molecule has 2 N–H and O–H groups in total. The fourth-order valence-corrected chi connectivity index (χ4v) is 3.41. The van der Waals surface area contributed by atoms with E-state index < -0.39 is 5.97 Å². The summed E-state index contributed by atoms with van der Waals surface area (Å²) in [5, 5.41) is 18.5. The number of allylic oxidation sites excluding steroid dienone is 2. The Morgan fingerprint density at radius 3 is 1.97 bits per heavy atom. The lowest BCUT2D eigenvalue weighted by Crippen LogP contribution is -1.95. The summed E-state index contributed by atoms with van der Waals surface area (Å²) in [6.07, 6.45) is 4.25. The Morgan fingerprint density at radius 2 is 1.41 bits per heavy atom. The average Bonchev–Trinajstić information content (AvgIpc) is 2.74. The molecule has 0 saturated carbocycles. The van der Waals surface area contributed by atoms with Crippen LogP contribution >= 0.6 is 0 Å². The van der Waals surface area contributed by atoms with E-state index >= 15 is 0 Å². The molecule has 3 aromatic rings. The van der Waals surface area contributed by atoms with E-state index in [2.05, 4.69) is 31.2 Å². The third-order valence-corrected chi connectivity index (χ3v) is 4.79. The van der Waals surface area contributed by atoms with Crippen molar-refractivity contribution in [3.05, 3.63) is 113 Å². The van der Waals surface area contributed by atoms with Crippen molar-refractivity contribution in [1.29, 1.82) is 0 Å². The van der Waals surface area contributed by atoms with E-state index in [0.29, 0.717) is 6.42 Å². The van der Waals surface area contributed by atoms with Crippen LogP contribution in [0, 0.1) is 0 Å². The predicted molar refractivity (Wildman–Crippen MR) is 118 cm³/mol. The summed E-state index contributed by atoms with van der Waals surface area (Å²) >= 11 is 0. The summed E-state index contributed by atoms with van der Waals surface area (Å²) in [5.74, 6) is -0.693. The van der Waals surface area contributed by atoms with E-state index in [9.17, 15) is 9.90 Å². The van der Waals surface area contributed by atoms with Gasteiger partial charge in [0.15, 0.2) is 0 Å². The topological polar surface area (TPSA) is 57.5 Å². The van der Waals surface area contributed by atoms with Crippen molar-refractivity contribution >= 4 is 17.1 Å². The molecule has 0 bridgehead atoms. The van der Waals surface area contributed by atoms with Gasteiger partial charge in [0.05, 0.1) is 0 Å². The van der Waals surface area contributed by atoms with Crippen LogP contribution < -0.4 is 0 Å². The largest absolute Gasteiger partial charge is 0.508 e. The summed E-state index contributed by atoms with van der Waals surface area (Å²) < 4.78 is 0. The molecular formula is C26H24O3. The lowest BCUT2D eigenvalue weighted by atomic mass is 9.88. The number of carboxylic acids is 1. The number of aromatic hydroxyl groups is 1. The van der Waals surface area contributed by atoms with Gasteiger partial charge in [-0.3, -0.25) is 0 Å². The van der Waals surface area contributed by atoms with Crippen LogP contribution in [0.1, 0.15) is 35.6 Å². The van der Waals surface area contributed by atoms with E-state index in [0.717, 1.165) is 28.7 Å². The van der Waals surface area contributed by atoms with Gasteiger partial charge in [0.25, 0.3) is 0 Å². The predicted octanol–water partition coefficient (Wildman–Crippen LogP) is 5.94. The number of carboxylic acid groups (broad SMARTS) is 1. The normalized spacial score (nSPS) is 12.0. The minimum absolute atomic E-state index is 0.242. The zero-order valence-electron chi connectivity index (χ0n) is 16.4. The molecule has 0 spiro atoms. The fourth-order valence-electron chi connectivity index (χ4n) is 3.41. The SMILES string of the molecule is CCC(=C(c1ccc(O)cc1)c1ccc(CC=CC(=O)O)cc1)c1ccccc1. The summed E-state index contributed by atoms with van der Waals surface area (Å²) in [4.78, 5) is 10.6. The van der Waals surface area contributed by atoms with Crippen molar-refractivity contribution in [3.63, 3.8) is 0 Å². The molecule has 3 aromatic carbocycles. The molecule has 0 amide bonds. The number of hydrogen-bond acceptors (Lipinski definition) is 2. The second kappa shape index (κ2) is 9.56. The summed E-state index contributed by atoms with van der Waals surface area (Å²) in [7, 11) is 0. The van der Waals surface area contributed by atoms with Gasteiger partial charge in [0, 0.05) is 6.08 Å². The van der Waals surface area contributed by atoms with E-state index in [1.165, 1.54) is 17.2 Å². The van der Waals surface area contributed by atoms with Gasteiger partial charge >= 0.3 is 5.97 Å². The van der Waals surface area contributed by atoms with Crippen molar-refractivity contribution in [1.82, 2.24) is 0 Å². The lowest BCUT2D eigenvalue weighted by Gasteiger charge is -2.17. The van der Waals surface area contributed by atoms with Gasteiger partial charge in [-0.25, -0.2) is 4.79 Å². The maximum Gasteiger partial charge on any atom is 0.327 e. The monoisotopic (exact) mass is 384 g/mol. The summed E-state index contributed by atoms with van der Waals surface area (Å²) in [5.41, 5.74) is 6.71. The minimum Gasteiger partial charge on any atom is -0.508 e. The molecule has 146 valence electrons. The van der Waals surface area contributed by atoms with Crippen molar-refractivity contribution in [3.8, 4) is 5.75 Å². The van der Waals surface area contributed by atoms with E-state index in [1.54, 1.807) is 18.2 Å². The number of carbonyl (C=O) groups is 1. The fraction of sp³-hybridized carbons (Fsp3) is 0.115. The van der Waals surface area contributed by atoms with Crippen LogP contribution in [0.25, 0.3) is 11.1 Å². The van der Waals surface area contributed by atoms with Gasteiger partial charge in [-0.1, -0.05) is 79.7 Å². The zero-order valence-corrected chi connectivity index (χ0v) is 16.4. The van der Waals surface area contributed by atoms with Crippen LogP contribution in [0.4, 0.5) is 0 Å². The highest BCUT2D eigenvalue weighted by Crippen LogP contribution is 2.35. The Bertz CT molecular complexity index is 1010. The van der Waals surface area contributed by atoms with Crippen LogP contribution in [-0.4, -0.2) is 16.2 Å². The molecule has 3 nitrogen and oxygen atoms in total. The number of phenolic OH excluding ortho intramolecular Hbond substituents is 1. The van der Waals surface area contributed by atoms with Gasteiger partial charge in [0.1, 0.15) is 5.75 Å². The first kappa shape index (κ1) is 20.2. The number of phenols is 1. The van der Waals surface area contributed by atoms with Gasteiger partial charge < -0.3 is 10.2 Å². The first-order chi connectivity index (χ1) is 14.1. The van der Waals surface area contributed by atoms with Crippen LogP contribution in [0.3, 0.4) is 0 Å². The Balaban J connectivity index is 2.07. The van der Waals surface area contributed by atoms with Crippen LogP contribution in [0.5, 0.6) is 5.75 Å². The van der Waals surface area contributed by atoms with E-state index in [4.69, 9.17) is 5.11 Å². The van der Waals surface area contributed by atoms with Gasteiger partial charge in [-0.15, -0.1) is 0 Å². The maximum atomic E-state index is 10.6. The number of hydrogen-bond donors (Lipinski definition) is 2. The number of rotatable bonds is 7. The van der Waals surface area contributed by atoms with E-state index in [1.807, 2.05) is 42.5 Å². The maximum absolute atomic E-state index is 10.6. The van der Waals surface area contributed by atoms with Crippen molar-refractivity contribution in [2.24, 2.45) is 0 Å². The molecule has 0 aromatic heterocycles. The van der Waals surface area contributed by atoms with Gasteiger partial charge in [-0.2, -0.15) is 0 Å². The third-order valence-electron chi connectivity index (χ3n) is 4.79. The van der Waals surface area contributed by atoms with Crippen molar-refractivity contribution in [2.75, 3.05) is 0 Å². The second-order valence-corrected chi connectivity index (χ2v) is 6.76.